The molecule has 2 saturated heterocycles. The predicted octanol–water partition coefficient (Wildman–Crippen LogP) is 1.07. The van der Waals surface area contributed by atoms with Crippen molar-refractivity contribution in [2.75, 3.05) is 5.32 Å². The van der Waals surface area contributed by atoms with Gasteiger partial charge in [0.1, 0.15) is 17.9 Å². The maximum absolute atomic E-state index is 13.7. The molecule has 2 fully saturated rings. The van der Waals surface area contributed by atoms with Crippen molar-refractivity contribution in [2.45, 2.75) is 31.5 Å². The zero-order chi connectivity index (χ0) is 23.7. The van der Waals surface area contributed by atoms with Gasteiger partial charge in [-0.25, -0.2) is 0 Å². The van der Waals surface area contributed by atoms with Crippen LogP contribution in [0.5, 0.6) is 0 Å². The first-order chi connectivity index (χ1) is 15.6. The van der Waals surface area contributed by atoms with Crippen molar-refractivity contribution in [1.82, 2.24) is 4.90 Å². The number of halogens is 2. The van der Waals surface area contributed by atoms with Gasteiger partial charge in [-0.1, -0.05) is 41.4 Å². The van der Waals surface area contributed by atoms with Gasteiger partial charge in [-0.15, -0.1) is 0 Å². The predicted molar refractivity (Wildman–Crippen MR) is 120 cm³/mol. The molecule has 4 atom stereocenters. The second kappa shape index (κ2) is 7.55. The van der Waals surface area contributed by atoms with E-state index in [4.69, 9.17) is 28.9 Å². The number of amides is 4. The maximum Gasteiger partial charge on any atom is 0.291 e. The molecule has 0 radical (unpaired) electrons. The highest BCUT2D eigenvalue weighted by atomic mass is 35.5. The standard InChI is InChI=1S/C23H20Cl2N4O4/c1-10-6-12(24)7-13-19(10)27-22(33)23(13)18-17(15(28-23)8-16(26)30)20(31)29(21(18)32)9-11-4-2-3-5-14(11)25/h2-7,15,17-18,28H,8-9H2,1H3,(H2,26,30)(H,27,33)/p+1/t15-,17-,18+,23+/m1/s1. The lowest BCUT2D eigenvalue weighted by Crippen LogP contribution is -2.99. The number of quaternary nitrogens is 1. The van der Waals surface area contributed by atoms with Crippen LogP contribution >= 0.6 is 23.2 Å². The molecular weight excluding hydrogens is 467 g/mol. The van der Waals surface area contributed by atoms with Gasteiger partial charge in [0, 0.05) is 15.6 Å². The Hall–Kier alpha value is -2.94. The molecule has 33 heavy (non-hydrogen) atoms. The lowest BCUT2D eigenvalue weighted by Gasteiger charge is -2.26. The number of hydrogen-bond acceptors (Lipinski definition) is 4. The number of primary amides is 1. The summed E-state index contributed by atoms with van der Waals surface area (Å²) in [6.07, 6.45) is -0.149. The van der Waals surface area contributed by atoms with Gasteiger partial charge >= 0.3 is 0 Å². The zero-order valence-electron chi connectivity index (χ0n) is 17.6. The van der Waals surface area contributed by atoms with E-state index in [0.29, 0.717) is 26.9 Å². The molecule has 170 valence electrons. The van der Waals surface area contributed by atoms with E-state index in [0.717, 1.165) is 10.5 Å². The number of benzene rings is 2. The molecule has 3 heterocycles. The molecule has 0 bridgehead atoms. The van der Waals surface area contributed by atoms with Crippen LogP contribution in [0, 0.1) is 18.8 Å². The number of imide groups is 1. The second-order valence-electron chi connectivity index (χ2n) is 8.83. The Labute approximate surface area is 199 Å². The number of likely N-dealkylation sites (tertiary alicyclic amines) is 1. The Balaban J connectivity index is 1.64. The molecule has 3 aliphatic rings. The first-order valence-electron chi connectivity index (χ1n) is 10.5. The molecule has 10 heteroatoms. The number of rotatable bonds is 4. The zero-order valence-corrected chi connectivity index (χ0v) is 19.1. The highest BCUT2D eigenvalue weighted by molar-refractivity contribution is 6.31. The minimum atomic E-state index is -1.42. The average molecular weight is 488 g/mol. The Morgan fingerprint density at radius 1 is 1.18 bits per heavy atom. The topological polar surface area (TPSA) is 126 Å². The largest absolute Gasteiger partial charge is 0.369 e. The summed E-state index contributed by atoms with van der Waals surface area (Å²) >= 11 is 12.6. The summed E-state index contributed by atoms with van der Waals surface area (Å²) in [5, 5.41) is 5.37. The van der Waals surface area contributed by atoms with Crippen LogP contribution in [-0.2, 0) is 31.3 Å². The lowest BCUT2D eigenvalue weighted by molar-refractivity contribution is -0.732. The normalized spacial score (nSPS) is 27.8. The third-order valence-electron chi connectivity index (χ3n) is 6.95. The van der Waals surface area contributed by atoms with Crippen LogP contribution < -0.4 is 16.4 Å². The number of anilines is 1. The summed E-state index contributed by atoms with van der Waals surface area (Å²) in [5.74, 6) is -3.83. The molecule has 5 rings (SSSR count). The summed E-state index contributed by atoms with van der Waals surface area (Å²) in [6.45, 7) is 1.79. The molecule has 2 aromatic carbocycles. The van der Waals surface area contributed by atoms with E-state index in [1.807, 2.05) is 6.92 Å². The highest BCUT2D eigenvalue weighted by Crippen LogP contribution is 2.51. The molecule has 0 unspecified atom stereocenters. The number of nitrogens with zero attached hydrogens (tertiary/aromatic N) is 1. The SMILES string of the molecule is Cc1cc(Cl)cc2c1NC(=O)[C@]21[NH2+][C@H](CC(N)=O)[C@H]2C(=O)N(Cc3ccccc3Cl)C(=O)[C@H]21. The summed E-state index contributed by atoms with van der Waals surface area (Å²) in [4.78, 5) is 53.7. The Morgan fingerprint density at radius 2 is 1.91 bits per heavy atom. The third kappa shape index (κ3) is 3.08. The van der Waals surface area contributed by atoms with Crippen molar-refractivity contribution in [1.29, 1.82) is 0 Å². The molecule has 1 spiro atoms. The lowest BCUT2D eigenvalue weighted by atomic mass is 9.76. The van der Waals surface area contributed by atoms with Gasteiger partial charge in [0.15, 0.2) is 0 Å². The van der Waals surface area contributed by atoms with E-state index in [2.05, 4.69) is 5.32 Å². The van der Waals surface area contributed by atoms with E-state index in [1.165, 1.54) is 0 Å². The molecule has 5 N–H and O–H groups in total. The monoisotopic (exact) mass is 487 g/mol. The summed E-state index contributed by atoms with van der Waals surface area (Å²) in [6, 6.07) is 9.64. The molecule has 0 saturated carbocycles. The fourth-order valence-corrected chi connectivity index (χ4v) is 6.09. The highest BCUT2D eigenvalue weighted by Gasteiger charge is 2.74. The van der Waals surface area contributed by atoms with Crippen molar-refractivity contribution >= 4 is 52.5 Å². The van der Waals surface area contributed by atoms with E-state index < -0.39 is 47.0 Å². The molecule has 3 aliphatic heterocycles. The van der Waals surface area contributed by atoms with Crippen LogP contribution in [0.2, 0.25) is 10.0 Å². The maximum atomic E-state index is 13.7. The molecular formula is C23H21Cl2N4O4+. The second-order valence-corrected chi connectivity index (χ2v) is 9.67. The molecule has 2 aromatic rings. The fraction of sp³-hybridized carbons (Fsp3) is 0.304. The van der Waals surface area contributed by atoms with Crippen LogP contribution in [0.4, 0.5) is 5.69 Å². The van der Waals surface area contributed by atoms with Gasteiger partial charge in [0.2, 0.25) is 23.3 Å². The molecule has 4 amide bonds. The minimum Gasteiger partial charge on any atom is -0.369 e. The van der Waals surface area contributed by atoms with Crippen LogP contribution in [0.3, 0.4) is 0 Å². The van der Waals surface area contributed by atoms with E-state index in [1.54, 1.807) is 41.7 Å². The van der Waals surface area contributed by atoms with Gasteiger partial charge in [-0.3, -0.25) is 24.1 Å². The van der Waals surface area contributed by atoms with Crippen molar-refractivity contribution in [3.05, 3.63) is 63.1 Å². The van der Waals surface area contributed by atoms with Crippen LogP contribution in [0.1, 0.15) is 23.1 Å². The van der Waals surface area contributed by atoms with Crippen molar-refractivity contribution in [3.63, 3.8) is 0 Å². The number of fused-ring (bicyclic) bond motifs is 4. The number of aryl methyl sites for hydroxylation is 1. The average Bonchev–Trinajstić information content (AvgIpc) is 3.30. The minimum absolute atomic E-state index is 0.0211. The number of nitrogens with two attached hydrogens (primary N) is 2. The van der Waals surface area contributed by atoms with E-state index >= 15 is 0 Å². The summed E-state index contributed by atoms with van der Waals surface area (Å²) in [5.41, 5.74) is 6.52. The van der Waals surface area contributed by atoms with Crippen molar-refractivity contribution in [3.8, 4) is 0 Å². The van der Waals surface area contributed by atoms with Crippen molar-refractivity contribution in [2.24, 2.45) is 17.6 Å². The van der Waals surface area contributed by atoms with Gasteiger partial charge < -0.3 is 16.4 Å². The Bertz CT molecular complexity index is 1250. The Kier molecular flexibility index (Phi) is 5.00. The van der Waals surface area contributed by atoms with E-state index in [-0.39, 0.29) is 13.0 Å². The van der Waals surface area contributed by atoms with Gasteiger partial charge in [-0.05, 0) is 36.2 Å². The fourth-order valence-electron chi connectivity index (χ4n) is 5.63. The number of carbonyl (C=O) groups is 4. The van der Waals surface area contributed by atoms with Gasteiger partial charge in [0.25, 0.3) is 5.91 Å². The molecule has 0 aromatic heterocycles. The van der Waals surface area contributed by atoms with Gasteiger partial charge in [-0.2, -0.15) is 0 Å². The summed E-state index contributed by atoms with van der Waals surface area (Å²) < 4.78 is 0. The summed E-state index contributed by atoms with van der Waals surface area (Å²) in [7, 11) is 0. The third-order valence-corrected chi connectivity index (χ3v) is 7.54. The molecule has 8 nitrogen and oxygen atoms in total. The first kappa shape index (κ1) is 21.9. The number of nitrogens with one attached hydrogen (secondary N) is 1. The number of carbonyl (C=O) groups excluding carboxylic acids is 4. The van der Waals surface area contributed by atoms with E-state index in [9.17, 15) is 19.2 Å². The molecule has 0 aliphatic carbocycles. The smallest absolute Gasteiger partial charge is 0.291 e. The quantitative estimate of drug-likeness (QED) is 0.557. The van der Waals surface area contributed by atoms with Crippen molar-refractivity contribution < 1.29 is 24.5 Å². The van der Waals surface area contributed by atoms with Gasteiger partial charge in [0.05, 0.1) is 18.7 Å². The van der Waals surface area contributed by atoms with Crippen LogP contribution in [0.25, 0.3) is 0 Å². The van der Waals surface area contributed by atoms with Crippen LogP contribution in [-0.4, -0.2) is 34.6 Å². The first-order valence-corrected chi connectivity index (χ1v) is 11.3. The Morgan fingerprint density at radius 3 is 2.61 bits per heavy atom. The number of hydrogen-bond donors (Lipinski definition) is 3. The van der Waals surface area contributed by atoms with Crippen LogP contribution in [0.15, 0.2) is 36.4 Å².